The topological polar surface area (TPSA) is 12.0 Å². The lowest BCUT2D eigenvalue weighted by molar-refractivity contribution is 0.414. The van der Waals surface area contributed by atoms with Crippen molar-refractivity contribution in [3.8, 4) is 0 Å². The summed E-state index contributed by atoms with van der Waals surface area (Å²) in [4.78, 5) is 1.54. The summed E-state index contributed by atoms with van der Waals surface area (Å²) in [7, 11) is 0. The lowest BCUT2D eigenvalue weighted by atomic mass is 9.94. The van der Waals surface area contributed by atoms with E-state index >= 15 is 0 Å². The van der Waals surface area contributed by atoms with Gasteiger partial charge in [0.25, 0.3) is 0 Å². The number of hydrogen-bond donors (Lipinski definition) is 1. The zero-order chi connectivity index (χ0) is 10.8. The van der Waals surface area contributed by atoms with Crippen LogP contribution in [0.1, 0.15) is 37.5 Å². The van der Waals surface area contributed by atoms with E-state index in [1.807, 2.05) is 11.3 Å². The Bertz CT molecular complexity index is 323. The maximum absolute atomic E-state index is 3.65. The first-order chi connectivity index (χ1) is 7.24. The molecule has 0 saturated heterocycles. The van der Waals surface area contributed by atoms with Gasteiger partial charge in [-0.3, -0.25) is 0 Å². The van der Waals surface area contributed by atoms with Gasteiger partial charge in [-0.05, 0) is 58.6 Å². The molecule has 2 rings (SSSR count). The highest BCUT2D eigenvalue weighted by atomic mass is 79.9. The van der Waals surface area contributed by atoms with Gasteiger partial charge in [-0.25, -0.2) is 0 Å². The van der Waals surface area contributed by atoms with Crippen LogP contribution in [-0.2, 0) is 0 Å². The minimum absolute atomic E-state index is 0.717. The van der Waals surface area contributed by atoms with E-state index in [0.29, 0.717) is 6.04 Å². The molecular weight excluding hydrogens is 270 g/mol. The summed E-state index contributed by atoms with van der Waals surface area (Å²) in [5.41, 5.74) is 0. The molecule has 1 aromatic rings. The molecule has 1 heterocycles. The maximum atomic E-state index is 3.65. The molecule has 3 heteroatoms. The zero-order valence-corrected chi connectivity index (χ0v) is 11.7. The number of rotatable bonds is 3. The first-order valence-corrected chi connectivity index (χ1v) is 7.37. The van der Waals surface area contributed by atoms with E-state index in [0.717, 1.165) is 18.4 Å². The summed E-state index contributed by atoms with van der Waals surface area (Å²) < 4.78 is 1.31. The molecule has 1 N–H and O–H groups in total. The van der Waals surface area contributed by atoms with Gasteiger partial charge in [0, 0.05) is 15.4 Å². The monoisotopic (exact) mass is 287 g/mol. The van der Waals surface area contributed by atoms with Gasteiger partial charge in [-0.2, -0.15) is 0 Å². The van der Waals surface area contributed by atoms with E-state index in [2.05, 4.69) is 46.5 Å². The highest BCUT2D eigenvalue weighted by Crippen LogP contribution is 2.44. The van der Waals surface area contributed by atoms with Crippen molar-refractivity contribution in [3.05, 3.63) is 20.8 Å². The van der Waals surface area contributed by atoms with Crippen LogP contribution in [0, 0.1) is 5.92 Å². The molecule has 1 aliphatic rings. The Labute approximate surface area is 104 Å². The second kappa shape index (κ2) is 4.98. The van der Waals surface area contributed by atoms with Gasteiger partial charge in [0.1, 0.15) is 0 Å². The van der Waals surface area contributed by atoms with E-state index in [1.165, 1.54) is 17.3 Å². The summed E-state index contributed by atoms with van der Waals surface area (Å²) in [5.74, 6) is 1.52. The van der Waals surface area contributed by atoms with Crippen LogP contribution in [0.3, 0.4) is 0 Å². The summed E-state index contributed by atoms with van der Waals surface area (Å²) in [6.07, 6.45) is 2.65. The molecule has 0 radical (unpaired) electrons. The van der Waals surface area contributed by atoms with Crippen molar-refractivity contribution in [3.63, 3.8) is 0 Å². The Morgan fingerprint density at radius 3 is 2.93 bits per heavy atom. The Morgan fingerprint density at radius 1 is 1.53 bits per heavy atom. The van der Waals surface area contributed by atoms with Crippen molar-refractivity contribution in [2.75, 3.05) is 6.54 Å². The summed E-state index contributed by atoms with van der Waals surface area (Å²) in [6.45, 7) is 5.67. The van der Waals surface area contributed by atoms with Crippen molar-refractivity contribution in [2.45, 2.75) is 38.6 Å². The van der Waals surface area contributed by atoms with Crippen molar-refractivity contribution in [1.29, 1.82) is 0 Å². The van der Waals surface area contributed by atoms with E-state index in [-0.39, 0.29) is 0 Å². The zero-order valence-electron chi connectivity index (χ0n) is 9.29. The molecule has 0 aromatic carbocycles. The highest BCUT2D eigenvalue weighted by molar-refractivity contribution is 9.10. The molecule has 1 aromatic heterocycles. The maximum Gasteiger partial charge on any atom is 0.0317 e. The normalized spacial score (nSPS) is 31.0. The average molecular weight is 288 g/mol. The smallest absolute Gasteiger partial charge is 0.0317 e. The second-order valence-electron chi connectivity index (χ2n) is 4.34. The Hall–Kier alpha value is 0.140. The van der Waals surface area contributed by atoms with E-state index in [9.17, 15) is 0 Å². The molecule has 1 aliphatic carbocycles. The fourth-order valence-corrected chi connectivity index (χ4v) is 4.58. The molecule has 1 nitrogen and oxygen atoms in total. The summed E-state index contributed by atoms with van der Waals surface area (Å²) >= 11 is 5.55. The predicted molar refractivity (Wildman–Crippen MR) is 70.6 cm³/mol. The molecular formula is C12H18BrNS. The Balaban J connectivity index is 2.10. The minimum atomic E-state index is 0.717. The molecule has 0 amide bonds. The average Bonchev–Trinajstić information content (AvgIpc) is 2.76. The van der Waals surface area contributed by atoms with Crippen LogP contribution in [0.5, 0.6) is 0 Å². The van der Waals surface area contributed by atoms with Crippen molar-refractivity contribution in [2.24, 2.45) is 5.92 Å². The molecule has 3 unspecified atom stereocenters. The van der Waals surface area contributed by atoms with Crippen molar-refractivity contribution < 1.29 is 0 Å². The third-order valence-corrected chi connectivity index (χ3v) is 5.51. The van der Waals surface area contributed by atoms with Crippen molar-refractivity contribution in [1.82, 2.24) is 5.32 Å². The van der Waals surface area contributed by atoms with Crippen LogP contribution in [-0.4, -0.2) is 12.6 Å². The molecule has 1 fully saturated rings. The number of nitrogens with one attached hydrogen (secondary N) is 1. The molecule has 0 bridgehead atoms. The van der Waals surface area contributed by atoms with Crippen LogP contribution in [0.2, 0.25) is 0 Å². The largest absolute Gasteiger partial charge is 0.314 e. The standard InChI is InChI=1S/C12H18BrNS/c1-3-14-11-5-4-9(8(11)2)12-10(13)6-7-15-12/h6-9,11,14H,3-5H2,1-2H3. The minimum Gasteiger partial charge on any atom is -0.314 e. The van der Waals surface area contributed by atoms with Gasteiger partial charge in [0.2, 0.25) is 0 Å². The van der Waals surface area contributed by atoms with Gasteiger partial charge in [-0.1, -0.05) is 13.8 Å². The fourth-order valence-electron chi connectivity index (χ4n) is 2.66. The van der Waals surface area contributed by atoms with Crippen LogP contribution in [0.15, 0.2) is 15.9 Å². The van der Waals surface area contributed by atoms with E-state index in [4.69, 9.17) is 0 Å². The predicted octanol–water partition coefficient (Wildman–Crippen LogP) is 4.00. The van der Waals surface area contributed by atoms with E-state index < -0.39 is 0 Å². The Kier molecular flexibility index (Phi) is 3.86. The van der Waals surface area contributed by atoms with Crippen LogP contribution in [0.25, 0.3) is 0 Å². The Morgan fingerprint density at radius 2 is 2.33 bits per heavy atom. The molecule has 0 aliphatic heterocycles. The number of thiophene rings is 1. The lowest BCUT2D eigenvalue weighted by Gasteiger charge is -2.20. The van der Waals surface area contributed by atoms with Crippen molar-refractivity contribution >= 4 is 27.3 Å². The molecule has 84 valence electrons. The first-order valence-electron chi connectivity index (χ1n) is 5.70. The third kappa shape index (κ3) is 2.29. The molecule has 3 atom stereocenters. The molecule has 15 heavy (non-hydrogen) atoms. The lowest BCUT2D eigenvalue weighted by Crippen LogP contribution is -2.31. The van der Waals surface area contributed by atoms with Crippen LogP contribution >= 0.6 is 27.3 Å². The quantitative estimate of drug-likeness (QED) is 0.886. The summed E-state index contributed by atoms with van der Waals surface area (Å²) in [5, 5.41) is 5.78. The van der Waals surface area contributed by atoms with Gasteiger partial charge in [0.05, 0.1) is 0 Å². The number of halogens is 1. The van der Waals surface area contributed by atoms with Gasteiger partial charge in [-0.15, -0.1) is 11.3 Å². The van der Waals surface area contributed by atoms with Gasteiger partial charge >= 0.3 is 0 Å². The molecule has 0 spiro atoms. The third-order valence-electron chi connectivity index (χ3n) is 3.51. The van der Waals surface area contributed by atoms with Crippen LogP contribution < -0.4 is 5.32 Å². The highest BCUT2D eigenvalue weighted by Gasteiger charge is 2.34. The van der Waals surface area contributed by atoms with E-state index in [1.54, 1.807) is 4.88 Å². The van der Waals surface area contributed by atoms with Gasteiger partial charge in [0.15, 0.2) is 0 Å². The summed E-state index contributed by atoms with van der Waals surface area (Å²) in [6, 6.07) is 2.89. The van der Waals surface area contributed by atoms with Gasteiger partial charge < -0.3 is 5.32 Å². The fraction of sp³-hybridized carbons (Fsp3) is 0.667. The second-order valence-corrected chi connectivity index (χ2v) is 6.14. The molecule has 1 saturated carbocycles. The van der Waals surface area contributed by atoms with Crippen LogP contribution in [0.4, 0.5) is 0 Å². The first kappa shape index (κ1) is 11.6. The SMILES string of the molecule is CCNC1CCC(c2sccc2Br)C1C. The number of hydrogen-bond acceptors (Lipinski definition) is 2.